The van der Waals surface area contributed by atoms with Gasteiger partial charge in [-0.15, -0.1) is 0 Å². The molecule has 0 radical (unpaired) electrons. The number of likely N-dealkylation sites (tertiary alicyclic amines) is 1. The highest BCUT2D eigenvalue weighted by atomic mass is 16.6. The van der Waals surface area contributed by atoms with Crippen LogP contribution in [0.2, 0.25) is 0 Å². The van der Waals surface area contributed by atoms with E-state index >= 15 is 0 Å². The number of rotatable bonds is 3. The van der Waals surface area contributed by atoms with E-state index in [1.165, 1.54) is 15.7 Å². The van der Waals surface area contributed by atoms with Crippen molar-refractivity contribution in [3.8, 4) is 0 Å². The second-order valence-electron chi connectivity index (χ2n) is 6.17. The molecule has 1 aromatic heterocycles. The van der Waals surface area contributed by atoms with Crippen molar-refractivity contribution in [3.63, 3.8) is 0 Å². The Kier molecular flexibility index (Phi) is 3.84. The van der Waals surface area contributed by atoms with Crippen molar-refractivity contribution in [2.75, 3.05) is 13.5 Å². The smallest absolute Gasteiger partial charge is 0.292 e. The van der Waals surface area contributed by atoms with Crippen LogP contribution in [0.1, 0.15) is 34.8 Å². The third-order valence-corrected chi connectivity index (χ3v) is 4.60. The maximum Gasteiger partial charge on any atom is 0.292 e. The monoisotopic (exact) mass is 341 g/mol. The predicted molar refractivity (Wildman–Crippen MR) is 78.2 cm³/mol. The number of ether oxygens (including phenoxy) is 1. The zero-order valence-corrected chi connectivity index (χ0v) is 12.9. The fourth-order valence-corrected chi connectivity index (χ4v) is 3.28. The Morgan fingerprint density at radius 1 is 1.42 bits per heavy atom. The lowest BCUT2D eigenvalue weighted by atomic mass is 9.97. The predicted octanol–water partition coefficient (Wildman–Crippen LogP) is -2.53. The molecule has 2 saturated heterocycles. The summed E-state index contributed by atoms with van der Waals surface area (Å²) in [5, 5.41) is 41.1. The topological polar surface area (TPSA) is 117 Å². The molecule has 3 heterocycles. The Labute approximate surface area is 143 Å². The minimum absolute atomic E-state index is 0.363. The van der Waals surface area contributed by atoms with E-state index in [4.69, 9.17) is 8.85 Å². The van der Waals surface area contributed by atoms with E-state index in [0.29, 0.717) is 18.5 Å². The van der Waals surface area contributed by atoms with Crippen LogP contribution in [0, 0.1) is 0 Å². The van der Waals surface area contributed by atoms with Crippen LogP contribution >= 0.6 is 0 Å². The summed E-state index contributed by atoms with van der Waals surface area (Å²) in [7, 11) is 0. The van der Waals surface area contributed by atoms with Gasteiger partial charge < -0.3 is 30.0 Å². The van der Waals surface area contributed by atoms with Crippen molar-refractivity contribution < 1.29 is 38.6 Å². The molecular formula is C16H22N2O6. The molecule has 0 bridgehead atoms. The first-order valence-electron chi connectivity index (χ1n) is 9.29. The molecule has 0 amide bonds. The number of aliphatic hydroxyl groups is 3. The third kappa shape index (κ3) is 3.03. The van der Waals surface area contributed by atoms with Crippen LogP contribution in [-0.4, -0.2) is 64.1 Å². The van der Waals surface area contributed by atoms with Crippen molar-refractivity contribution in [2.24, 2.45) is 0 Å². The van der Waals surface area contributed by atoms with Crippen LogP contribution in [0.15, 0.2) is 24.5 Å². The first kappa shape index (κ1) is 13.7. The number of carboxylic acid groups (broad SMARTS) is 1. The summed E-state index contributed by atoms with van der Waals surface area (Å²) >= 11 is 0. The van der Waals surface area contributed by atoms with Crippen LogP contribution in [0.25, 0.3) is 0 Å². The molecule has 0 saturated carbocycles. The minimum atomic E-state index is -2.25. The van der Waals surface area contributed by atoms with Crippen molar-refractivity contribution in [1.29, 1.82) is 0 Å². The number of aliphatic carboxylic acids is 1. The molecule has 8 nitrogen and oxygen atoms in total. The van der Waals surface area contributed by atoms with Gasteiger partial charge in [-0.3, -0.25) is 4.90 Å². The number of aliphatic hydroxyl groups excluding tert-OH is 3. The standard InChI is InChI=1S/C16H22N2O6/c1-17-6-3-5-10(17)9-4-2-7-18(8-9)15-13(21)11(19)12(20)14(24-15)16(22)23/h2,4,7-8,10-15,19-21H,3,5-6H2,1H3/t10-,11+,12+,13-,14+,15-/m0/s1/i1D3. The fraction of sp³-hybridized carbons (Fsp3) is 0.625. The molecule has 1 aromatic rings. The Hall–Kier alpha value is -1.58. The molecule has 3 rings (SSSR count). The lowest BCUT2D eigenvalue weighted by Gasteiger charge is -2.37. The molecule has 2 aliphatic rings. The molecule has 0 unspecified atom stereocenters. The first-order chi connectivity index (χ1) is 12.6. The molecule has 0 aliphatic carbocycles. The SMILES string of the molecule is [2H]C([2H])([2H])N1CCC[C@H]1c1ccc[n+]([C@H]2O[C@@H](C(=O)[O-])[C@H](O)[C@@H](O)[C@@H]2O)c1. The molecule has 0 spiro atoms. The van der Waals surface area contributed by atoms with Crippen molar-refractivity contribution >= 4 is 5.97 Å². The number of pyridine rings is 1. The van der Waals surface area contributed by atoms with E-state index in [1.54, 1.807) is 18.3 Å². The zero-order valence-electron chi connectivity index (χ0n) is 15.9. The lowest BCUT2D eigenvalue weighted by Crippen LogP contribution is -2.65. The minimum Gasteiger partial charge on any atom is -0.547 e. The average molecular weight is 341 g/mol. The number of carbonyl (C=O) groups excluding carboxylic acids is 1. The van der Waals surface area contributed by atoms with Crippen molar-refractivity contribution in [1.82, 2.24) is 4.90 Å². The summed E-state index contributed by atoms with van der Waals surface area (Å²) in [6.07, 6.45) is -3.83. The van der Waals surface area contributed by atoms with Gasteiger partial charge in [-0.05, 0) is 32.4 Å². The van der Waals surface area contributed by atoms with Gasteiger partial charge in [0.2, 0.25) is 0 Å². The van der Waals surface area contributed by atoms with Crippen molar-refractivity contribution in [2.45, 2.75) is 49.5 Å². The van der Waals surface area contributed by atoms with Gasteiger partial charge in [0.25, 0.3) is 6.23 Å². The highest BCUT2D eigenvalue weighted by molar-refractivity contribution is 5.71. The van der Waals surface area contributed by atoms with Gasteiger partial charge >= 0.3 is 0 Å². The van der Waals surface area contributed by atoms with Crippen LogP contribution < -0.4 is 9.67 Å². The maximum absolute atomic E-state index is 11.2. The van der Waals surface area contributed by atoms with Gasteiger partial charge in [-0.2, -0.15) is 4.57 Å². The molecule has 3 N–H and O–H groups in total. The summed E-state index contributed by atoms with van der Waals surface area (Å²) < 4.78 is 29.6. The highest BCUT2D eigenvalue weighted by Gasteiger charge is 2.48. The number of hydrogen-bond acceptors (Lipinski definition) is 7. The molecule has 6 atom stereocenters. The number of hydrogen-bond donors (Lipinski definition) is 3. The van der Waals surface area contributed by atoms with E-state index < -0.39 is 43.6 Å². The van der Waals surface area contributed by atoms with Gasteiger partial charge in [0.15, 0.2) is 18.5 Å². The Bertz CT molecular complexity index is 703. The van der Waals surface area contributed by atoms with Gasteiger partial charge in [-0.1, -0.05) is 0 Å². The van der Waals surface area contributed by atoms with Crippen LogP contribution in [-0.2, 0) is 9.53 Å². The Balaban J connectivity index is 1.90. The zero-order chi connectivity index (χ0) is 19.9. The molecule has 0 aromatic carbocycles. The normalized spacial score (nSPS) is 39.9. The average Bonchev–Trinajstić information content (AvgIpc) is 3.10. The van der Waals surface area contributed by atoms with E-state index in [9.17, 15) is 25.2 Å². The highest BCUT2D eigenvalue weighted by Crippen LogP contribution is 2.30. The van der Waals surface area contributed by atoms with Crippen LogP contribution in [0.4, 0.5) is 0 Å². The summed E-state index contributed by atoms with van der Waals surface area (Å²) in [4.78, 5) is 12.6. The molecule has 132 valence electrons. The van der Waals surface area contributed by atoms with Crippen LogP contribution in [0.3, 0.4) is 0 Å². The van der Waals surface area contributed by atoms with Gasteiger partial charge in [0.05, 0.1) is 5.97 Å². The molecule has 24 heavy (non-hydrogen) atoms. The first-order valence-corrected chi connectivity index (χ1v) is 7.79. The van der Waals surface area contributed by atoms with E-state index in [1.807, 2.05) is 0 Å². The molecule has 2 fully saturated rings. The van der Waals surface area contributed by atoms with Gasteiger partial charge in [0, 0.05) is 21.8 Å². The number of carbonyl (C=O) groups is 1. The van der Waals surface area contributed by atoms with Gasteiger partial charge in [0.1, 0.15) is 18.3 Å². The Morgan fingerprint density at radius 2 is 2.21 bits per heavy atom. The quantitative estimate of drug-likeness (QED) is 0.519. The van der Waals surface area contributed by atoms with E-state index in [2.05, 4.69) is 0 Å². The fourth-order valence-electron chi connectivity index (χ4n) is 3.28. The largest absolute Gasteiger partial charge is 0.547 e. The van der Waals surface area contributed by atoms with Crippen LogP contribution in [0.5, 0.6) is 0 Å². The summed E-state index contributed by atoms with van der Waals surface area (Å²) in [6.45, 7) is -1.82. The summed E-state index contributed by atoms with van der Waals surface area (Å²) in [5.74, 6) is -1.71. The second kappa shape index (κ2) is 6.73. The Morgan fingerprint density at radius 3 is 2.92 bits per heavy atom. The second-order valence-corrected chi connectivity index (χ2v) is 6.17. The van der Waals surface area contributed by atoms with Crippen molar-refractivity contribution in [3.05, 3.63) is 30.1 Å². The molecule has 2 aliphatic heterocycles. The maximum atomic E-state index is 11.2. The lowest BCUT2D eigenvalue weighted by molar-refractivity contribution is -0.777. The third-order valence-electron chi connectivity index (χ3n) is 4.60. The summed E-state index contributed by atoms with van der Waals surface area (Å²) in [6, 6.07) is 2.99. The number of aromatic nitrogens is 1. The molecule has 8 heteroatoms. The van der Waals surface area contributed by atoms with E-state index in [0.717, 1.165) is 6.42 Å². The van der Waals surface area contributed by atoms with Gasteiger partial charge in [-0.25, -0.2) is 0 Å². The number of carboxylic acids is 1. The number of nitrogens with zero attached hydrogens (tertiary/aromatic N) is 2. The van der Waals surface area contributed by atoms with E-state index in [-0.39, 0.29) is 6.04 Å². The summed E-state index contributed by atoms with van der Waals surface area (Å²) in [5.41, 5.74) is 0.660. The molecular weight excluding hydrogens is 316 g/mol.